The second-order valence-electron chi connectivity index (χ2n) is 4.29. The SMILES string of the molecule is C=CC(=O)OC/C=C(\C)CC/C=C(/C)COC(=O)C=C. The van der Waals surface area contributed by atoms with Gasteiger partial charge in [0.2, 0.25) is 0 Å². The molecule has 0 heterocycles. The number of hydrogen-bond acceptors (Lipinski definition) is 4. The monoisotopic (exact) mass is 278 g/mol. The molecule has 0 aromatic heterocycles. The molecule has 0 spiro atoms. The van der Waals surface area contributed by atoms with Gasteiger partial charge in [-0.3, -0.25) is 0 Å². The van der Waals surface area contributed by atoms with Crippen LogP contribution in [0.1, 0.15) is 26.7 Å². The fraction of sp³-hybridized carbons (Fsp3) is 0.375. The van der Waals surface area contributed by atoms with Gasteiger partial charge in [0.05, 0.1) is 0 Å². The fourth-order valence-corrected chi connectivity index (χ4v) is 1.28. The second-order valence-corrected chi connectivity index (χ2v) is 4.29. The van der Waals surface area contributed by atoms with Crippen molar-refractivity contribution < 1.29 is 19.1 Å². The Morgan fingerprint density at radius 1 is 0.950 bits per heavy atom. The summed E-state index contributed by atoms with van der Waals surface area (Å²) in [6.45, 7) is 11.1. The normalized spacial score (nSPS) is 11.7. The number of ether oxygens (including phenoxy) is 2. The molecule has 0 aliphatic carbocycles. The van der Waals surface area contributed by atoms with E-state index in [2.05, 4.69) is 13.2 Å². The molecule has 20 heavy (non-hydrogen) atoms. The van der Waals surface area contributed by atoms with Crippen molar-refractivity contribution in [1.82, 2.24) is 0 Å². The van der Waals surface area contributed by atoms with Gasteiger partial charge < -0.3 is 9.47 Å². The van der Waals surface area contributed by atoms with Crippen LogP contribution in [0.5, 0.6) is 0 Å². The Hall–Kier alpha value is -2.10. The Morgan fingerprint density at radius 3 is 2.15 bits per heavy atom. The lowest BCUT2D eigenvalue weighted by Gasteiger charge is -2.03. The lowest BCUT2D eigenvalue weighted by molar-refractivity contribution is -0.137. The molecule has 0 saturated carbocycles. The minimum absolute atomic E-state index is 0.260. The molecule has 4 nitrogen and oxygen atoms in total. The number of carbonyl (C=O) groups excluding carboxylic acids is 2. The Balaban J connectivity index is 3.93. The smallest absolute Gasteiger partial charge is 0.330 e. The minimum atomic E-state index is -0.422. The van der Waals surface area contributed by atoms with Gasteiger partial charge in [0, 0.05) is 12.2 Å². The summed E-state index contributed by atoms with van der Waals surface area (Å²) in [6.07, 6.45) is 7.86. The van der Waals surface area contributed by atoms with Crippen molar-refractivity contribution in [2.45, 2.75) is 26.7 Å². The highest BCUT2D eigenvalue weighted by atomic mass is 16.5. The van der Waals surface area contributed by atoms with E-state index in [1.165, 1.54) is 0 Å². The van der Waals surface area contributed by atoms with Gasteiger partial charge in [0.15, 0.2) is 0 Å². The fourth-order valence-electron chi connectivity index (χ4n) is 1.28. The highest BCUT2D eigenvalue weighted by molar-refractivity contribution is 5.81. The van der Waals surface area contributed by atoms with Gasteiger partial charge in [-0.1, -0.05) is 24.8 Å². The molecule has 0 amide bonds. The van der Waals surface area contributed by atoms with Gasteiger partial charge in [0.1, 0.15) is 13.2 Å². The molecule has 0 atom stereocenters. The van der Waals surface area contributed by atoms with Crippen LogP contribution in [0.2, 0.25) is 0 Å². The van der Waals surface area contributed by atoms with Crippen LogP contribution in [-0.2, 0) is 19.1 Å². The molecule has 0 N–H and O–H groups in total. The van der Waals surface area contributed by atoms with Gasteiger partial charge in [-0.15, -0.1) is 0 Å². The van der Waals surface area contributed by atoms with Gasteiger partial charge in [-0.25, -0.2) is 9.59 Å². The van der Waals surface area contributed by atoms with Crippen molar-refractivity contribution in [1.29, 1.82) is 0 Å². The van der Waals surface area contributed by atoms with Crippen LogP contribution in [0.4, 0.5) is 0 Å². The standard InChI is InChI=1S/C16H22O4/c1-5-15(17)19-11-10-13(3)8-7-9-14(4)12-20-16(18)6-2/h5-6,9-10H,1-2,7-8,11-12H2,3-4H3/b13-10+,14-9-. The summed E-state index contributed by atoms with van der Waals surface area (Å²) in [7, 11) is 0. The highest BCUT2D eigenvalue weighted by Crippen LogP contribution is 2.07. The van der Waals surface area contributed by atoms with E-state index in [0.717, 1.165) is 36.1 Å². The lowest BCUT2D eigenvalue weighted by Crippen LogP contribution is -2.02. The Morgan fingerprint density at radius 2 is 1.55 bits per heavy atom. The van der Waals surface area contributed by atoms with Gasteiger partial charge in [-0.05, 0) is 38.3 Å². The Labute approximate surface area is 120 Å². The molecule has 0 aromatic rings. The Bertz CT molecular complexity index is 416. The summed E-state index contributed by atoms with van der Waals surface area (Å²) in [5, 5.41) is 0. The van der Waals surface area contributed by atoms with Crippen molar-refractivity contribution in [2.75, 3.05) is 13.2 Å². The summed E-state index contributed by atoms with van der Waals surface area (Å²) in [5.74, 6) is -0.841. The largest absolute Gasteiger partial charge is 0.458 e. The quantitative estimate of drug-likeness (QED) is 0.369. The van der Waals surface area contributed by atoms with Crippen LogP contribution in [0.25, 0.3) is 0 Å². The number of carbonyl (C=O) groups is 2. The first-order valence-electron chi connectivity index (χ1n) is 6.39. The number of esters is 2. The average Bonchev–Trinajstić information content (AvgIpc) is 2.44. The predicted molar refractivity (Wildman–Crippen MR) is 79.1 cm³/mol. The van der Waals surface area contributed by atoms with Crippen LogP contribution >= 0.6 is 0 Å². The third-order valence-corrected chi connectivity index (χ3v) is 2.46. The van der Waals surface area contributed by atoms with E-state index in [-0.39, 0.29) is 13.2 Å². The summed E-state index contributed by atoms with van der Waals surface area (Å²) in [6, 6.07) is 0. The molecule has 0 fully saturated rings. The van der Waals surface area contributed by atoms with E-state index in [1.807, 2.05) is 26.0 Å². The van der Waals surface area contributed by atoms with E-state index in [4.69, 9.17) is 9.47 Å². The maximum absolute atomic E-state index is 10.9. The van der Waals surface area contributed by atoms with Gasteiger partial charge in [-0.2, -0.15) is 0 Å². The Kier molecular flexibility index (Phi) is 9.66. The van der Waals surface area contributed by atoms with E-state index in [9.17, 15) is 9.59 Å². The first-order chi connectivity index (χ1) is 9.49. The van der Waals surface area contributed by atoms with Crippen molar-refractivity contribution in [2.24, 2.45) is 0 Å². The van der Waals surface area contributed by atoms with Crippen molar-refractivity contribution in [3.8, 4) is 0 Å². The van der Waals surface area contributed by atoms with Gasteiger partial charge >= 0.3 is 11.9 Å². The molecule has 0 radical (unpaired) electrons. The molecule has 0 aliphatic rings. The van der Waals surface area contributed by atoms with Crippen LogP contribution in [0.15, 0.2) is 48.6 Å². The number of rotatable bonds is 9. The molecule has 4 heteroatoms. The lowest BCUT2D eigenvalue weighted by atomic mass is 10.1. The molecule has 110 valence electrons. The molecule has 0 bridgehead atoms. The number of hydrogen-bond donors (Lipinski definition) is 0. The number of allylic oxidation sites excluding steroid dienone is 2. The van der Waals surface area contributed by atoms with Crippen LogP contribution < -0.4 is 0 Å². The zero-order chi connectivity index (χ0) is 15.4. The second kappa shape index (κ2) is 10.8. The molecule has 0 unspecified atom stereocenters. The molecule has 0 aliphatic heterocycles. The van der Waals surface area contributed by atoms with E-state index in [0.29, 0.717) is 0 Å². The van der Waals surface area contributed by atoms with Crippen LogP contribution in [0.3, 0.4) is 0 Å². The summed E-state index contributed by atoms with van der Waals surface area (Å²) in [4.78, 5) is 21.7. The maximum atomic E-state index is 10.9. The van der Waals surface area contributed by atoms with E-state index >= 15 is 0 Å². The van der Waals surface area contributed by atoms with Crippen molar-refractivity contribution >= 4 is 11.9 Å². The minimum Gasteiger partial charge on any atom is -0.458 e. The molecular weight excluding hydrogens is 256 g/mol. The molecule has 0 rings (SSSR count). The summed E-state index contributed by atoms with van der Waals surface area (Å²) < 4.78 is 9.76. The van der Waals surface area contributed by atoms with E-state index in [1.54, 1.807) is 0 Å². The van der Waals surface area contributed by atoms with Crippen LogP contribution in [-0.4, -0.2) is 25.2 Å². The first kappa shape index (κ1) is 17.9. The van der Waals surface area contributed by atoms with E-state index < -0.39 is 11.9 Å². The first-order valence-corrected chi connectivity index (χ1v) is 6.39. The zero-order valence-corrected chi connectivity index (χ0v) is 12.2. The topological polar surface area (TPSA) is 52.6 Å². The average molecular weight is 278 g/mol. The van der Waals surface area contributed by atoms with Crippen molar-refractivity contribution in [3.05, 3.63) is 48.6 Å². The third-order valence-electron chi connectivity index (χ3n) is 2.46. The highest BCUT2D eigenvalue weighted by Gasteiger charge is 1.97. The molecule has 0 saturated heterocycles. The maximum Gasteiger partial charge on any atom is 0.330 e. The predicted octanol–water partition coefficient (Wildman–Crippen LogP) is 3.12. The zero-order valence-electron chi connectivity index (χ0n) is 12.2. The molecule has 0 aromatic carbocycles. The summed E-state index contributed by atoms with van der Waals surface area (Å²) in [5.41, 5.74) is 2.13. The third kappa shape index (κ3) is 9.88. The van der Waals surface area contributed by atoms with Crippen molar-refractivity contribution in [3.63, 3.8) is 0 Å². The van der Waals surface area contributed by atoms with Gasteiger partial charge in [0.25, 0.3) is 0 Å². The summed E-state index contributed by atoms with van der Waals surface area (Å²) >= 11 is 0. The molecular formula is C16H22O4. The van der Waals surface area contributed by atoms with Crippen LogP contribution in [0, 0.1) is 0 Å².